The largest absolute Gasteiger partial charge is 0.328 e. The molecule has 1 aromatic rings. The van der Waals surface area contributed by atoms with E-state index in [4.69, 9.17) is 5.73 Å². The van der Waals surface area contributed by atoms with E-state index in [9.17, 15) is 8.42 Å². The van der Waals surface area contributed by atoms with Crippen LogP contribution in [0.1, 0.15) is 25.1 Å². The van der Waals surface area contributed by atoms with Gasteiger partial charge in [-0.3, -0.25) is 0 Å². The number of thiophene rings is 1. The molecule has 0 spiro atoms. The summed E-state index contributed by atoms with van der Waals surface area (Å²) in [6.45, 7) is 5.12. The molecule has 1 saturated heterocycles. The second kappa shape index (κ2) is 5.28. The van der Waals surface area contributed by atoms with Crippen LogP contribution in [0.3, 0.4) is 0 Å². The van der Waals surface area contributed by atoms with Gasteiger partial charge in [0.15, 0.2) is 0 Å². The molecule has 0 amide bonds. The molecule has 2 atom stereocenters. The van der Waals surface area contributed by atoms with Crippen LogP contribution in [0.4, 0.5) is 0 Å². The van der Waals surface area contributed by atoms with Gasteiger partial charge in [-0.05, 0) is 37.8 Å². The highest BCUT2D eigenvalue weighted by atomic mass is 32.2. The Bertz CT molecular complexity index is 508. The number of aryl methyl sites for hydroxylation is 1. The maximum Gasteiger partial charge on any atom is 0.252 e. The summed E-state index contributed by atoms with van der Waals surface area (Å²) in [5, 5.41) is 0. The van der Waals surface area contributed by atoms with Crippen molar-refractivity contribution in [2.45, 2.75) is 36.9 Å². The van der Waals surface area contributed by atoms with Gasteiger partial charge in [0.05, 0.1) is 0 Å². The van der Waals surface area contributed by atoms with Crippen molar-refractivity contribution in [3.63, 3.8) is 0 Å². The number of sulfonamides is 1. The summed E-state index contributed by atoms with van der Waals surface area (Å²) in [6, 6.07) is 3.68. The summed E-state index contributed by atoms with van der Waals surface area (Å²) in [4.78, 5) is 1.11. The minimum Gasteiger partial charge on any atom is -0.328 e. The summed E-state index contributed by atoms with van der Waals surface area (Å²) in [5.41, 5.74) is 5.85. The Morgan fingerprint density at radius 1 is 1.56 bits per heavy atom. The fourth-order valence-corrected chi connectivity index (χ4v) is 5.18. The fourth-order valence-electron chi connectivity index (χ4n) is 2.22. The van der Waals surface area contributed by atoms with E-state index < -0.39 is 10.0 Å². The Morgan fingerprint density at radius 2 is 2.28 bits per heavy atom. The predicted molar refractivity (Wildman–Crippen MR) is 74.2 cm³/mol. The second-order valence-corrected chi connectivity index (χ2v) is 8.18. The highest BCUT2D eigenvalue weighted by molar-refractivity contribution is 7.91. The topological polar surface area (TPSA) is 63.4 Å². The van der Waals surface area contributed by atoms with Gasteiger partial charge in [0.1, 0.15) is 4.21 Å². The zero-order valence-corrected chi connectivity index (χ0v) is 12.4. The summed E-state index contributed by atoms with van der Waals surface area (Å²) in [6.07, 6.45) is 1.74. The third kappa shape index (κ3) is 2.61. The molecule has 102 valence electrons. The molecule has 1 aliphatic heterocycles. The summed E-state index contributed by atoms with van der Waals surface area (Å²) in [7, 11) is -3.30. The van der Waals surface area contributed by atoms with E-state index in [2.05, 4.69) is 0 Å². The van der Waals surface area contributed by atoms with Gasteiger partial charge in [-0.15, -0.1) is 11.3 Å². The number of nitrogens with zero attached hydrogens (tertiary/aromatic N) is 1. The smallest absolute Gasteiger partial charge is 0.252 e. The van der Waals surface area contributed by atoms with Gasteiger partial charge in [-0.2, -0.15) is 4.31 Å². The first kappa shape index (κ1) is 14.0. The van der Waals surface area contributed by atoms with Gasteiger partial charge in [0.25, 0.3) is 10.0 Å². The zero-order valence-electron chi connectivity index (χ0n) is 10.8. The first-order chi connectivity index (χ1) is 8.45. The Morgan fingerprint density at radius 3 is 2.78 bits per heavy atom. The molecule has 4 nitrogen and oxygen atoms in total. The molecule has 0 radical (unpaired) electrons. The Balaban J connectivity index is 2.17. The molecule has 0 aliphatic carbocycles. The van der Waals surface area contributed by atoms with Crippen LogP contribution in [0.2, 0.25) is 0 Å². The van der Waals surface area contributed by atoms with Crippen molar-refractivity contribution in [1.29, 1.82) is 0 Å². The monoisotopic (exact) mass is 288 g/mol. The average molecular weight is 288 g/mol. The minimum absolute atomic E-state index is 0.0553. The van der Waals surface area contributed by atoms with Gasteiger partial charge in [0.2, 0.25) is 0 Å². The van der Waals surface area contributed by atoms with Crippen molar-refractivity contribution in [3.05, 3.63) is 17.0 Å². The maximum atomic E-state index is 12.4. The lowest BCUT2D eigenvalue weighted by Gasteiger charge is -2.17. The van der Waals surface area contributed by atoms with E-state index in [1.165, 1.54) is 11.3 Å². The van der Waals surface area contributed by atoms with Crippen molar-refractivity contribution in [1.82, 2.24) is 4.31 Å². The Hall–Kier alpha value is -0.430. The molecule has 2 unspecified atom stereocenters. The van der Waals surface area contributed by atoms with Crippen LogP contribution in [0, 0.1) is 5.92 Å². The van der Waals surface area contributed by atoms with Crippen LogP contribution in [-0.4, -0.2) is 31.9 Å². The van der Waals surface area contributed by atoms with E-state index >= 15 is 0 Å². The minimum atomic E-state index is -3.30. The molecule has 2 heterocycles. The summed E-state index contributed by atoms with van der Waals surface area (Å²) >= 11 is 1.38. The molecule has 0 aromatic carbocycles. The lowest BCUT2D eigenvalue weighted by atomic mass is 10.0. The van der Waals surface area contributed by atoms with Crippen LogP contribution in [0.25, 0.3) is 0 Å². The molecule has 2 rings (SSSR count). The van der Waals surface area contributed by atoms with Gasteiger partial charge >= 0.3 is 0 Å². The third-order valence-corrected chi connectivity index (χ3v) is 7.07. The highest BCUT2D eigenvalue weighted by Gasteiger charge is 2.34. The van der Waals surface area contributed by atoms with Crippen molar-refractivity contribution in [3.8, 4) is 0 Å². The Kier molecular flexibility index (Phi) is 4.11. The van der Waals surface area contributed by atoms with E-state index in [-0.39, 0.29) is 12.0 Å². The summed E-state index contributed by atoms with van der Waals surface area (Å²) in [5.74, 6) is 0.283. The van der Waals surface area contributed by atoms with Gasteiger partial charge in [-0.25, -0.2) is 8.42 Å². The fraction of sp³-hybridized carbons (Fsp3) is 0.667. The average Bonchev–Trinajstić information content (AvgIpc) is 2.98. The lowest BCUT2D eigenvalue weighted by Crippen LogP contribution is -2.32. The number of hydrogen-bond donors (Lipinski definition) is 1. The van der Waals surface area contributed by atoms with Crippen LogP contribution < -0.4 is 5.73 Å². The molecule has 2 N–H and O–H groups in total. The molecule has 0 bridgehead atoms. The van der Waals surface area contributed by atoms with Gasteiger partial charge in [-0.1, -0.05) is 6.92 Å². The molecular formula is C12H20N2O2S2. The Labute approximate surface area is 113 Å². The molecule has 1 aliphatic rings. The molecule has 6 heteroatoms. The molecular weight excluding hydrogens is 268 g/mol. The molecule has 1 aromatic heterocycles. The van der Waals surface area contributed by atoms with E-state index in [1.807, 2.05) is 19.9 Å². The first-order valence-electron chi connectivity index (χ1n) is 6.29. The quantitative estimate of drug-likeness (QED) is 0.916. The van der Waals surface area contributed by atoms with Crippen LogP contribution >= 0.6 is 11.3 Å². The highest BCUT2D eigenvalue weighted by Crippen LogP contribution is 2.29. The SMILES string of the molecule is CCc1ccc(S(=O)(=O)N2CCC(C(C)N)C2)s1. The first-order valence-corrected chi connectivity index (χ1v) is 8.55. The van der Waals surface area contributed by atoms with Gasteiger partial charge < -0.3 is 5.73 Å². The van der Waals surface area contributed by atoms with Crippen molar-refractivity contribution in [2.75, 3.05) is 13.1 Å². The second-order valence-electron chi connectivity index (χ2n) is 4.85. The number of hydrogen-bond acceptors (Lipinski definition) is 4. The van der Waals surface area contributed by atoms with E-state index in [0.717, 1.165) is 17.7 Å². The van der Waals surface area contributed by atoms with Crippen LogP contribution in [0.5, 0.6) is 0 Å². The summed E-state index contributed by atoms with van der Waals surface area (Å²) < 4.78 is 26.9. The predicted octanol–water partition coefficient (Wildman–Crippen LogP) is 1.67. The standard InChI is InChI=1S/C12H20N2O2S2/c1-3-11-4-5-12(17-11)18(15,16)14-7-6-10(8-14)9(2)13/h4-5,9-10H,3,6-8,13H2,1-2H3. The van der Waals surface area contributed by atoms with Crippen LogP contribution in [0.15, 0.2) is 16.3 Å². The maximum absolute atomic E-state index is 12.4. The van der Waals surface area contributed by atoms with E-state index in [0.29, 0.717) is 17.3 Å². The number of rotatable bonds is 4. The molecule has 18 heavy (non-hydrogen) atoms. The van der Waals surface area contributed by atoms with Crippen LogP contribution in [-0.2, 0) is 16.4 Å². The van der Waals surface area contributed by atoms with E-state index in [1.54, 1.807) is 10.4 Å². The third-order valence-electron chi connectivity index (χ3n) is 3.51. The number of nitrogens with two attached hydrogens (primary N) is 1. The molecule has 1 fully saturated rings. The zero-order chi connectivity index (χ0) is 13.3. The van der Waals surface area contributed by atoms with Crippen molar-refractivity contribution in [2.24, 2.45) is 11.7 Å². The molecule has 0 saturated carbocycles. The van der Waals surface area contributed by atoms with Gasteiger partial charge in [0, 0.05) is 24.0 Å². The lowest BCUT2D eigenvalue weighted by molar-refractivity contribution is 0.430. The normalized spacial score (nSPS) is 23.4. The van der Waals surface area contributed by atoms with Crippen molar-refractivity contribution >= 4 is 21.4 Å². The van der Waals surface area contributed by atoms with Crippen molar-refractivity contribution < 1.29 is 8.42 Å².